The fraction of sp³-hybridized carbons (Fsp3) is 0.0500. The van der Waals surface area contributed by atoms with E-state index in [0.717, 1.165) is 0 Å². The third kappa shape index (κ3) is 5.21. The number of halogens is 1. The lowest BCUT2D eigenvalue weighted by atomic mass is 10.2. The second-order valence-corrected chi connectivity index (χ2v) is 5.94. The van der Waals surface area contributed by atoms with E-state index in [1.165, 1.54) is 6.20 Å². The van der Waals surface area contributed by atoms with Crippen molar-refractivity contribution in [2.75, 3.05) is 17.2 Å². The molecule has 6 nitrogen and oxygen atoms in total. The first-order valence-corrected chi connectivity index (χ1v) is 8.42. The van der Waals surface area contributed by atoms with Gasteiger partial charge in [0.25, 0.3) is 5.91 Å². The maximum Gasteiger partial charge on any atom is 0.262 e. The number of amides is 1. The number of nitriles is 1. The van der Waals surface area contributed by atoms with Crippen molar-refractivity contribution < 1.29 is 9.53 Å². The van der Waals surface area contributed by atoms with Crippen LogP contribution in [-0.4, -0.2) is 17.5 Å². The van der Waals surface area contributed by atoms with Crippen LogP contribution >= 0.6 is 11.6 Å². The van der Waals surface area contributed by atoms with Crippen molar-refractivity contribution >= 4 is 34.7 Å². The van der Waals surface area contributed by atoms with E-state index in [1.807, 2.05) is 6.07 Å². The fourth-order valence-electron chi connectivity index (χ4n) is 2.25. The summed E-state index contributed by atoms with van der Waals surface area (Å²) in [4.78, 5) is 16.2. The normalized spacial score (nSPS) is 9.93. The topological polar surface area (TPSA) is 87.0 Å². The van der Waals surface area contributed by atoms with E-state index in [-0.39, 0.29) is 12.5 Å². The molecule has 1 aromatic heterocycles. The highest BCUT2D eigenvalue weighted by Crippen LogP contribution is 2.20. The third-order valence-corrected chi connectivity index (χ3v) is 3.79. The van der Waals surface area contributed by atoms with Crippen LogP contribution in [-0.2, 0) is 4.79 Å². The van der Waals surface area contributed by atoms with Crippen molar-refractivity contribution in [3.8, 4) is 11.8 Å². The Balaban J connectivity index is 1.55. The van der Waals surface area contributed by atoms with Gasteiger partial charge in [0.15, 0.2) is 6.61 Å². The second-order valence-electron chi connectivity index (χ2n) is 5.51. The number of hydrogen-bond acceptors (Lipinski definition) is 5. The summed E-state index contributed by atoms with van der Waals surface area (Å²) in [5, 5.41) is 15.5. The van der Waals surface area contributed by atoms with Crippen LogP contribution in [0.4, 0.5) is 17.2 Å². The highest BCUT2D eigenvalue weighted by molar-refractivity contribution is 6.30. The number of carbonyl (C=O) groups excluding carboxylic acids is 1. The molecule has 134 valence electrons. The van der Waals surface area contributed by atoms with Gasteiger partial charge in [-0.2, -0.15) is 5.26 Å². The minimum absolute atomic E-state index is 0.128. The van der Waals surface area contributed by atoms with Crippen molar-refractivity contribution in [2.24, 2.45) is 0 Å². The number of hydrogen-bond donors (Lipinski definition) is 2. The average Bonchev–Trinajstić information content (AvgIpc) is 2.69. The third-order valence-electron chi connectivity index (χ3n) is 3.54. The average molecular weight is 379 g/mol. The van der Waals surface area contributed by atoms with Crippen molar-refractivity contribution in [2.45, 2.75) is 0 Å². The zero-order valence-electron chi connectivity index (χ0n) is 14.1. The lowest BCUT2D eigenvalue weighted by Crippen LogP contribution is -2.20. The summed E-state index contributed by atoms with van der Waals surface area (Å²) in [6.07, 6.45) is 1.53. The largest absolute Gasteiger partial charge is 0.484 e. The molecule has 0 aliphatic carbocycles. The van der Waals surface area contributed by atoms with Gasteiger partial charge >= 0.3 is 0 Å². The number of nitrogens with zero attached hydrogens (tertiary/aromatic N) is 2. The minimum atomic E-state index is -0.303. The Kier molecular flexibility index (Phi) is 5.87. The van der Waals surface area contributed by atoms with Gasteiger partial charge in [0, 0.05) is 5.02 Å². The molecule has 1 heterocycles. The van der Waals surface area contributed by atoms with E-state index in [9.17, 15) is 4.79 Å². The van der Waals surface area contributed by atoms with E-state index < -0.39 is 0 Å². The lowest BCUT2D eigenvalue weighted by Gasteiger charge is -2.09. The molecule has 0 aliphatic heterocycles. The van der Waals surface area contributed by atoms with Crippen LogP contribution in [0.5, 0.6) is 5.75 Å². The Morgan fingerprint density at radius 2 is 1.89 bits per heavy atom. The number of carbonyl (C=O) groups is 1. The summed E-state index contributed by atoms with van der Waals surface area (Å²) in [5.74, 6) is 0.818. The maximum atomic E-state index is 12.0. The molecule has 0 saturated carbocycles. The van der Waals surface area contributed by atoms with Gasteiger partial charge < -0.3 is 15.4 Å². The number of aromatic nitrogens is 1. The van der Waals surface area contributed by atoms with Gasteiger partial charge in [-0.15, -0.1) is 0 Å². The molecule has 0 atom stereocenters. The Labute approximate surface area is 161 Å². The Morgan fingerprint density at radius 3 is 2.59 bits per heavy atom. The highest BCUT2D eigenvalue weighted by atomic mass is 35.5. The molecular formula is C20H15ClN4O2. The summed E-state index contributed by atoms with van der Waals surface area (Å²) in [7, 11) is 0. The van der Waals surface area contributed by atoms with Gasteiger partial charge in [-0.25, -0.2) is 4.98 Å². The maximum absolute atomic E-state index is 12.0. The zero-order valence-corrected chi connectivity index (χ0v) is 14.9. The lowest BCUT2D eigenvalue weighted by molar-refractivity contribution is -0.118. The summed E-state index contributed by atoms with van der Waals surface area (Å²) < 4.78 is 5.39. The van der Waals surface area contributed by atoms with E-state index in [0.29, 0.717) is 33.5 Å². The number of anilines is 3. The molecule has 7 heteroatoms. The summed E-state index contributed by atoms with van der Waals surface area (Å²) in [6, 6.07) is 19.4. The molecule has 3 aromatic rings. The van der Waals surface area contributed by atoms with Crippen LogP contribution in [0.15, 0.2) is 66.9 Å². The highest BCUT2D eigenvalue weighted by Gasteiger charge is 2.06. The molecule has 0 fully saturated rings. The first-order valence-electron chi connectivity index (χ1n) is 8.04. The Morgan fingerprint density at radius 1 is 1.11 bits per heavy atom. The number of pyridine rings is 1. The van der Waals surface area contributed by atoms with Crippen LogP contribution < -0.4 is 15.4 Å². The predicted octanol–water partition coefficient (Wildman–Crippen LogP) is 4.37. The number of benzene rings is 2. The molecule has 0 unspecified atom stereocenters. The molecule has 0 spiro atoms. The fourth-order valence-corrected chi connectivity index (χ4v) is 2.37. The van der Waals surface area contributed by atoms with Gasteiger partial charge in [-0.3, -0.25) is 4.79 Å². The number of ether oxygens (including phenoxy) is 1. The van der Waals surface area contributed by atoms with Gasteiger partial charge in [-0.05, 0) is 48.5 Å². The summed E-state index contributed by atoms with van der Waals surface area (Å²) in [6.45, 7) is -0.128. The number of rotatable bonds is 6. The van der Waals surface area contributed by atoms with E-state index in [4.69, 9.17) is 21.6 Å². The quantitative estimate of drug-likeness (QED) is 0.665. The van der Waals surface area contributed by atoms with Gasteiger partial charge in [0.1, 0.15) is 17.6 Å². The van der Waals surface area contributed by atoms with Crippen molar-refractivity contribution in [1.29, 1.82) is 5.26 Å². The number of nitrogens with one attached hydrogen (secondary N) is 2. The van der Waals surface area contributed by atoms with Crippen LogP contribution in [0.2, 0.25) is 5.02 Å². The first-order chi connectivity index (χ1) is 13.1. The molecule has 0 aliphatic rings. The summed E-state index contributed by atoms with van der Waals surface area (Å²) >= 11 is 5.80. The molecule has 2 N–H and O–H groups in total. The summed E-state index contributed by atoms with van der Waals surface area (Å²) in [5.41, 5.74) is 1.73. The molecule has 3 rings (SSSR count). The minimum Gasteiger partial charge on any atom is -0.484 e. The van der Waals surface area contributed by atoms with Crippen LogP contribution in [0.3, 0.4) is 0 Å². The van der Waals surface area contributed by atoms with Gasteiger partial charge in [0.2, 0.25) is 0 Å². The molecule has 0 saturated heterocycles. The predicted molar refractivity (Wildman–Crippen MR) is 104 cm³/mol. The Bertz CT molecular complexity index is 967. The van der Waals surface area contributed by atoms with Crippen molar-refractivity contribution in [3.63, 3.8) is 0 Å². The van der Waals surface area contributed by atoms with Crippen molar-refractivity contribution in [1.82, 2.24) is 4.98 Å². The smallest absolute Gasteiger partial charge is 0.262 e. The zero-order chi connectivity index (χ0) is 19.1. The van der Waals surface area contributed by atoms with Crippen LogP contribution in [0.1, 0.15) is 5.56 Å². The van der Waals surface area contributed by atoms with E-state index >= 15 is 0 Å². The molecule has 0 radical (unpaired) electrons. The van der Waals surface area contributed by atoms with Gasteiger partial charge in [-0.1, -0.05) is 23.7 Å². The molecule has 0 bridgehead atoms. The molecule has 1 amide bonds. The van der Waals surface area contributed by atoms with E-state index in [1.54, 1.807) is 54.6 Å². The molecular weight excluding hydrogens is 364 g/mol. The number of para-hydroxylation sites is 1. The first kappa shape index (κ1) is 18.2. The van der Waals surface area contributed by atoms with Gasteiger partial charge in [0.05, 0.1) is 23.1 Å². The monoisotopic (exact) mass is 378 g/mol. The van der Waals surface area contributed by atoms with E-state index in [2.05, 4.69) is 21.7 Å². The van der Waals surface area contributed by atoms with Crippen molar-refractivity contribution in [3.05, 3.63) is 77.4 Å². The molecule has 2 aromatic carbocycles. The van der Waals surface area contributed by atoms with Crippen LogP contribution in [0.25, 0.3) is 0 Å². The van der Waals surface area contributed by atoms with Crippen LogP contribution in [0, 0.1) is 11.3 Å². The molecule has 27 heavy (non-hydrogen) atoms. The second kappa shape index (κ2) is 8.70. The standard InChI is InChI=1S/C20H15ClN4O2/c21-15-5-8-17(9-6-15)27-13-20(26)24-16-7-10-19(23-12-16)25-18-4-2-1-3-14(18)11-22/h1-10,12H,13H2,(H,23,25)(H,24,26). The Hall–Kier alpha value is -3.56. The SMILES string of the molecule is N#Cc1ccccc1Nc1ccc(NC(=O)COc2ccc(Cl)cc2)cn1.